The van der Waals surface area contributed by atoms with Crippen molar-refractivity contribution in [2.45, 2.75) is 23.5 Å². The molecule has 0 aliphatic carbocycles. The number of nitrogens with one attached hydrogen (secondary N) is 1. The number of ether oxygens (including phenoxy) is 1. The zero-order valence-corrected chi connectivity index (χ0v) is 14.7. The Morgan fingerprint density at radius 3 is 2.96 bits per heavy atom. The third-order valence-corrected chi connectivity index (χ3v) is 5.19. The second-order valence-electron chi connectivity index (χ2n) is 5.54. The molecule has 24 heavy (non-hydrogen) atoms. The summed E-state index contributed by atoms with van der Waals surface area (Å²) in [6.07, 6.45) is 2.37. The molecular formula is C17H17ClN2O3S. The largest absolute Gasteiger partial charge is 0.451 e. The van der Waals surface area contributed by atoms with E-state index in [2.05, 4.69) is 11.9 Å². The molecule has 5 nitrogen and oxygen atoms in total. The number of aromatic amines is 1. The van der Waals surface area contributed by atoms with Gasteiger partial charge in [0.15, 0.2) is 6.61 Å². The molecule has 1 aromatic carbocycles. The van der Waals surface area contributed by atoms with E-state index in [1.54, 1.807) is 16.7 Å². The number of benzene rings is 1. The summed E-state index contributed by atoms with van der Waals surface area (Å²) in [5.41, 5.74) is 1.10. The normalized spacial score (nSPS) is 17.1. The third kappa shape index (κ3) is 3.76. The van der Waals surface area contributed by atoms with Gasteiger partial charge >= 0.3 is 5.97 Å². The van der Waals surface area contributed by atoms with Crippen molar-refractivity contribution >= 4 is 40.9 Å². The average molecular weight is 365 g/mol. The number of esters is 1. The van der Waals surface area contributed by atoms with Crippen LogP contribution >= 0.6 is 23.4 Å². The highest BCUT2D eigenvalue weighted by Crippen LogP contribution is 2.37. The minimum Gasteiger partial charge on any atom is -0.451 e. The highest BCUT2D eigenvalue weighted by molar-refractivity contribution is 8.00. The van der Waals surface area contributed by atoms with Crippen LogP contribution in [0.5, 0.6) is 0 Å². The smallest absolute Gasteiger partial charge is 0.355 e. The molecule has 1 amide bonds. The van der Waals surface area contributed by atoms with Crippen molar-refractivity contribution in [2.75, 3.05) is 18.1 Å². The van der Waals surface area contributed by atoms with Crippen LogP contribution in [0.4, 0.5) is 5.69 Å². The lowest BCUT2D eigenvalue weighted by molar-refractivity contribution is -0.121. The van der Waals surface area contributed by atoms with Crippen molar-refractivity contribution in [3.8, 4) is 0 Å². The summed E-state index contributed by atoms with van der Waals surface area (Å²) in [6.45, 7) is 2.45. The number of hydrogen-bond donors (Lipinski definition) is 1. The van der Waals surface area contributed by atoms with Crippen LogP contribution in [-0.2, 0) is 9.53 Å². The highest BCUT2D eigenvalue weighted by atomic mass is 35.5. The van der Waals surface area contributed by atoms with Gasteiger partial charge in [-0.15, -0.1) is 11.8 Å². The van der Waals surface area contributed by atoms with Crippen molar-refractivity contribution in [2.24, 2.45) is 0 Å². The van der Waals surface area contributed by atoms with Crippen LogP contribution in [0.3, 0.4) is 0 Å². The lowest BCUT2D eigenvalue weighted by atomic mass is 10.2. The number of fused-ring (bicyclic) bond motifs is 1. The molecule has 0 fully saturated rings. The van der Waals surface area contributed by atoms with E-state index in [1.807, 2.05) is 24.3 Å². The summed E-state index contributed by atoms with van der Waals surface area (Å²) >= 11 is 7.52. The quantitative estimate of drug-likeness (QED) is 0.843. The molecule has 3 rings (SSSR count). The molecule has 2 aromatic rings. The topological polar surface area (TPSA) is 62.4 Å². The summed E-state index contributed by atoms with van der Waals surface area (Å²) in [5.74, 6) is -0.829. The van der Waals surface area contributed by atoms with Gasteiger partial charge in [0.2, 0.25) is 0 Å². The highest BCUT2D eigenvalue weighted by Gasteiger charge is 2.25. The molecule has 126 valence electrons. The van der Waals surface area contributed by atoms with Gasteiger partial charge in [-0.05, 0) is 24.6 Å². The summed E-state index contributed by atoms with van der Waals surface area (Å²) in [4.78, 5) is 30.0. The van der Waals surface area contributed by atoms with Gasteiger partial charge in [-0.2, -0.15) is 0 Å². The Hall–Kier alpha value is -1.92. The Morgan fingerprint density at radius 2 is 2.21 bits per heavy atom. The monoisotopic (exact) mass is 364 g/mol. The predicted molar refractivity (Wildman–Crippen MR) is 94.8 cm³/mol. The Kier molecular flexibility index (Phi) is 5.16. The molecule has 1 aliphatic heterocycles. The van der Waals surface area contributed by atoms with Crippen LogP contribution in [0, 0.1) is 0 Å². The van der Waals surface area contributed by atoms with Crippen LogP contribution in [0.2, 0.25) is 5.02 Å². The van der Waals surface area contributed by atoms with E-state index in [0.29, 0.717) is 16.8 Å². The van der Waals surface area contributed by atoms with Crippen molar-refractivity contribution in [3.63, 3.8) is 0 Å². The number of para-hydroxylation sites is 1. The van der Waals surface area contributed by atoms with Crippen molar-refractivity contribution < 1.29 is 14.3 Å². The fraction of sp³-hybridized carbons (Fsp3) is 0.294. The number of carbonyl (C=O) groups excluding carboxylic acids is 2. The van der Waals surface area contributed by atoms with Crippen molar-refractivity contribution in [3.05, 3.63) is 47.2 Å². The lowest BCUT2D eigenvalue weighted by Crippen LogP contribution is -2.35. The number of aromatic nitrogens is 1. The first-order chi connectivity index (χ1) is 11.5. The van der Waals surface area contributed by atoms with E-state index < -0.39 is 5.97 Å². The molecule has 0 saturated carbocycles. The molecule has 0 spiro atoms. The Labute approximate surface area is 149 Å². The minimum absolute atomic E-state index is 0.230. The first kappa shape index (κ1) is 16.9. The summed E-state index contributed by atoms with van der Waals surface area (Å²) in [7, 11) is 0. The van der Waals surface area contributed by atoms with Crippen LogP contribution in [0.1, 0.15) is 23.8 Å². The molecule has 0 bridgehead atoms. The maximum atomic E-state index is 12.6. The number of halogens is 1. The van der Waals surface area contributed by atoms with E-state index in [4.69, 9.17) is 16.3 Å². The van der Waals surface area contributed by atoms with E-state index in [1.165, 1.54) is 12.3 Å². The summed E-state index contributed by atoms with van der Waals surface area (Å²) in [5, 5.41) is 0.841. The first-order valence-electron chi connectivity index (χ1n) is 7.61. The molecule has 1 aliphatic rings. The fourth-order valence-electron chi connectivity index (χ4n) is 2.51. The van der Waals surface area contributed by atoms with Gasteiger partial charge in [0.05, 0.1) is 10.7 Å². The molecule has 1 unspecified atom stereocenters. The number of rotatable bonds is 3. The second kappa shape index (κ2) is 7.32. The van der Waals surface area contributed by atoms with Crippen LogP contribution in [-0.4, -0.2) is 35.3 Å². The zero-order valence-electron chi connectivity index (χ0n) is 13.1. The van der Waals surface area contributed by atoms with Gasteiger partial charge in [-0.3, -0.25) is 4.79 Å². The Bertz CT molecular complexity index is 762. The number of anilines is 1. The van der Waals surface area contributed by atoms with Gasteiger partial charge < -0.3 is 14.6 Å². The van der Waals surface area contributed by atoms with Crippen molar-refractivity contribution in [1.29, 1.82) is 0 Å². The average Bonchev–Trinajstić information content (AvgIpc) is 2.92. The van der Waals surface area contributed by atoms with E-state index in [-0.39, 0.29) is 18.2 Å². The molecule has 0 saturated heterocycles. The van der Waals surface area contributed by atoms with Gasteiger partial charge in [-0.1, -0.05) is 30.7 Å². The number of nitrogens with zero attached hydrogens (tertiary/aromatic N) is 1. The van der Waals surface area contributed by atoms with Gasteiger partial charge in [0.25, 0.3) is 5.91 Å². The number of carbonyl (C=O) groups is 2. The molecule has 7 heteroatoms. The first-order valence-corrected chi connectivity index (χ1v) is 8.87. The van der Waals surface area contributed by atoms with Crippen LogP contribution < -0.4 is 4.90 Å². The van der Waals surface area contributed by atoms with E-state index >= 15 is 0 Å². The minimum atomic E-state index is -0.596. The zero-order chi connectivity index (χ0) is 17.1. The summed E-state index contributed by atoms with van der Waals surface area (Å²) in [6, 6.07) is 9.26. The number of hydrogen-bond acceptors (Lipinski definition) is 4. The maximum absolute atomic E-state index is 12.6. The summed E-state index contributed by atoms with van der Waals surface area (Å²) < 4.78 is 5.11. The standard InChI is InChI=1S/C17H17ClN2O3S/c1-11-6-7-20(14-4-2-3-5-15(14)24-11)16(21)10-23-17(22)13-8-12(18)9-19-13/h2-5,8-9,11,19H,6-7,10H2,1H3. The molecule has 2 heterocycles. The number of H-pyrrole nitrogens is 1. The number of thioether (sulfide) groups is 1. The Morgan fingerprint density at radius 1 is 1.42 bits per heavy atom. The molecule has 1 N–H and O–H groups in total. The SMILES string of the molecule is CC1CCN(C(=O)COC(=O)c2cc(Cl)c[nH]2)c2ccccc2S1. The molecular weight excluding hydrogens is 348 g/mol. The van der Waals surface area contributed by atoms with E-state index in [0.717, 1.165) is 17.0 Å². The van der Waals surface area contributed by atoms with Crippen molar-refractivity contribution in [1.82, 2.24) is 4.98 Å². The maximum Gasteiger partial charge on any atom is 0.355 e. The van der Waals surface area contributed by atoms with Gasteiger partial charge in [0, 0.05) is 22.9 Å². The second-order valence-corrected chi connectivity index (χ2v) is 7.45. The lowest BCUT2D eigenvalue weighted by Gasteiger charge is -2.22. The van der Waals surface area contributed by atoms with E-state index in [9.17, 15) is 9.59 Å². The van der Waals surface area contributed by atoms with Gasteiger partial charge in [-0.25, -0.2) is 4.79 Å². The predicted octanol–water partition coefficient (Wildman–Crippen LogP) is 3.74. The third-order valence-electron chi connectivity index (χ3n) is 3.74. The molecule has 1 atom stereocenters. The van der Waals surface area contributed by atoms with Crippen LogP contribution in [0.15, 0.2) is 41.4 Å². The van der Waals surface area contributed by atoms with Gasteiger partial charge in [0.1, 0.15) is 5.69 Å². The molecule has 1 aromatic heterocycles. The van der Waals surface area contributed by atoms with Crippen LogP contribution in [0.25, 0.3) is 0 Å². The Balaban J connectivity index is 1.69. The molecule has 0 radical (unpaired) electrons. The fourth-order valence-corrected chi connectivity index (χ4v) is 3.79. The number of amides is 1.